The fraction of sp³-hybridized carbons (Fsp3) is 0.533. The minimum atomic E-state index is 0.0561. The van der Waals surface area contributed by atoms with E-state index in [1.54, 1.807) is 0 Å². The summed E-state index contributed by atoms with van der Waals surface area (Å²) in [7, 11) is 0. The molecule has 0 radical (unpaired) electrons. The molecule has 0 aliphatic carbocycles. The molecule has 2 nitrogen and oxygen atoms in total. The highest BCUT2D eigenvalue weighted by Crippen LogP contribution is 2.09. The van der Waals surface area contributed by atoms with Crippen LogP contribution in [0.2, 0.25) is 0 Å². The van der Waals surface area contributed by atoms with Crippen LogP contribution in [0.3, 0.4) is 0 Å². The van der Waals surface area contributed by atoms with Crippen LogP contribution < -0.4 is 0 Å². The molecule has 0 aliphatic heterocycles. The molecule has 0 bridgehead atoms. The maximum absolute atomic E-state index is 11.8. The molecule has 1 aromatic rings. The molecule has 0 aromatic heterocycles. The molecule has 0 heterocycles. The van der Waals surface area contributed by atoms with E-state index < -0.39 is 0 Å². The minimum Gasteiger partial charge on any atom is -0.370 e. The predicted molar refractivity (Wildman–Crippen MR) is 70.4 cm³/mol. The van der Waals surface area contributed by atoms with Crippen molar-refractivity contribution in [3.8, 4) is 0 Å². The Bertz CT molecular complexity index is 352. The van der Waals surface area contributed by atoms with Gasteiger partial charge in [-0.05, 0) is 26.2 Å². The number of hydrogen-bond acceptors (Lipinski definition) is 2. The first-order chi connectivity index (χ1) is 7.99. The van der Waals surface area contributed by atoms with Gasteiger partial charge in [0.05, 0.1) is 6.10 Å². The highest BCUT2D eigenvalue weighted by Gasteiger charge is 2.10. The fourth-order valence-electron chi connectivity index (χ4n) is 1.77. The second-order valence-corrected chi connectivity index (χ2v) is 5.04. The Morgan fingerprint density at radius 2 is 1.76 bits per heavy atom. The molecule has 0 saturated heterocycles. The standard InChI is InChI=1S/C15H22O2/c1-11(2)9-13(4)17-10-15(16)14-7-5-12(3)6-8-14/h5-8,11,13H,9-10H2,1-4H3. The third-order valence-electron chi connectivity index (χ3n) is 2.68. The van der Waals surface area contributed by atoms with E-state index in [-0.39, 0.29) is 18.5 Å². The van der Waals surface area contributed by atoms with Gasteiger partial charge in [0, 0.05) is 5.56 Å². The Kier molecular flexibility index (Phi) is 5.36. The number of benzene rings is 1. The van der Waals surface area contributed by atoms with Gasteiger partial charge in [-0.2, -0.15) is 0 Å². The first kappa shape index (κ1) is 13.9. The summed E-state index contributed by atoms with van der Waals surface area (Å²) >= 11 is 0. The molecule has 0 amide bonds. The number of Topliss-reactive ketones (excluding diaryl/α,β-unsaturated/α-hetero) is 1. The monoisotopic (exact) mass is 234 g/mol. The van der Waals surface area contributed by atoms with Crippen LogP contribution in [0.4, 0.5) is 0 Å². The van der Waals surface area contributed by atoms with Gasteiger partial charge in [0.25, 0.3) is 0 Å². The average Bonchev–Trinajstić information content (AvgIpc) is 2.26. The van der Waals surface area contributed by atoms with Gasteiger partial charge >= 0.3 is 0 Å². The summed E-state index contributed by atoms with van der Waals surface area (Å²) < 4.78 is 5.55. The van der Waals surface area contributed by atoms with E-state index in [0.717, 1.165) is 17.5 Å². The van der Waals surface area contributed by atoms with Crippen molar-refractivity contribution in [3.05, 3.63) is 35.4 Å². The number of ketones is 1. The molecule has 0 fully saturated rings. The van der Waals surface area contributed by atoms with Crippen molar-refractivity contribution in [3.63, 3.8) is 0 Å². The normalized spacial score (nSPS) is 12.8. The fourth-order valence-corrected chi connectivity index (χ4v) is 1.77. The molecule has 0 aliphatic rings. The zero-order chi connectivity index (χ0) is 12.8. The molecule has 1 rings (SSSR count). The van der Waals surface area contributed by atoms with Gasteiger partial charge < -0.3 is 4.74 Å². The van der Waals surface area contributed by atoms with E-state index in [4.69, 9.17) is 4.74 Å². The minimum absolute atomic E-state index is 0.0561. The van der Waals surface area contributed by atoms with Gasteiger partial charge in [-0.3, -0.25) is 4.79 Å². The number of carbonyl (C=O) groups excluding carboxylic acids is 1. The van der Waals surface area contributed by atoms with Crippen LogP contribution in [0.15, 0.2) is 24.3 Å². The quantitative estimate of drug-likeness (QED) is 0.703. The van der Waals surface area contributed by atoms with E-state index in [1.807, 2.05) is 38.1 Å². The van der Waals surface area contributed by atoms with E-state index >= 15 is 0 Å². The van der Waals surface area contributed by atoms with Crippen molar-refractivity contribution in [2.45, 2.75) is 40.2 Å². The zero-order valence-electron chi connectivity index (χ0n) is 11.2. The van der Waals surface area contributed by atoms with Crippen molar-refractivity contribution in [1.29, 1.82) is 0 Å². The topological polar surface area (TPSA) is 26.3 Å². The Hall–Kier alpha value is -1.15. The molecule has 0 N–H and O–H groups in total. The molecule has 0 spiro atoms. The first-order valence-corrected chi connectivity index (χ1v) is 6.20. The summed E-state index contributed by atoms with van der Waals surface area (Å²) in [6, 6.07) is 7.61. The zero-order valence-corrected chi connectivity index (χ0v) is 11.2. The highest BCUT2D eigenvalue weighted by atomic mass is 16.5. The lowest BCUT2D eigenvalue weighted by Crippen LogP contribution is -2.17. The van der Waals surface area contributed by atoms with E-state index in [1.165, 1.54) is 0 Å². The van der Waals surface area contributed by atoms with Gasteiger partial charge in [-0.1, -0.05) is 43.7 Å². The van der Waals surface area contributed by atoms with E-state index in [9.17, 15) is 4.79 Å². The van der Waals surface area contributed by atoms with Crippen molar-refractivity contribution in [2.24, 2.45) is 5.92 Å². The first-order valence-electron chi connectivity index (χ1n) is 6.20. The Morgan fingerprint density at radius 3 is 2.29 bits per heavy atom. The van der Waals surface area contributed by atoms with Crippen molar-refractivity contribution in [1.82, 2.24) is 0 Å². The van der Waals surface area contributed by atoms with Gasteiger partial charge in [0.15, 0.2) is 5.78 Å². The van der Waals surface area contributed by atoms with Gasteiger partial charge in [-0.25, -0.2) is 0 Å². The number of rotatable bonds is 6. The maximum atomic E-state index is 11.8. The van der Waals surface area contributed by atoms with E-state index in [2.05, 4.69) is 13.8 Å². The highest BCUT2D eigenvalue weighted by molar-refractivity contribution is 5.97. The van der Waals surface area contributed by atoms with Crippen molar-refractivity contribution < 1.29 is 9.53 Å². The summed E-state index contributed by atoms with van der Waals surface area (Å²) in [6.07, 6.45) is 1.13. The second kappa shape index (κ2) is 6.55. The Labute approximate surface area is 104 Å². The number of ether oxygens (including phenoxy) is 1. The maximum Gasteiger partial charge on any atom is 0.188 e. The number of carbonyl (C=O) groups is 1. The van der Waals surface area contributed by atoms with Gasteiger partial charge in [0.2, 0.25) is 0 Å². The smallest absolute Gasteiger partial charge is 0.188 e. The van der Waals surface area contributed by atoms with Crippen LogP contribution in [-0.4, -0.2) is 18.5 Å². The van der Waals surface area contributed by atoms with Gasteiger partial charge in [-0.15, -0.1) is 0 Å². The summed E-state index contributed by atoms with van der Waals surface area (Å²) in [5, 5.41) is 0. The molecular formula is C15H22O2. The van der Waals surface area contributed by atoms with Crippen LogP contribution in [0.1, 0.15) is 43.1 Å². The van der Waals surface area contributed by atoms with Gasteiger partial charge in [0.1, 0.15) is 6.61 Å². The Morgan fingerprint density at radius 1 is 1.18 bits per heavy atom. The SMILES string of the molecule is Cc1ccc(C(=O)COC(C)CC(C)C)cc1. The molecule has 1 unspecified atom stereocenters. The predicted octanol–water partition coefficient (Wildman–Crippen LogP) is 3.63. The number of aryl methyl sites for hydroxylation is 1. The Balaban J connectivity index is 2.42. The largest absolute Gasteiger partial charge is 0.370 e. The van der Waals surface area contributed by atoms with Crippen molar-refractivity contribution in [2.75, 3.05) is 6.61 Å². The second-order valence-electron chi connectivity index (χ2n) is 5.04. The van der Waals surface area contributed by atoms with Crippen LogP contribution in [-0.2, 0) is 4.74 Å². The lowest BCUT2D eigenvalue weighted by Gasteiger charge is -2.14. The molecular weight excluding hydrogens is 212 g/mol. The molecule has 0 saturated carbocycles. The van der Waals surface area contributed by atoms with Crippen LogP contribution >= 0.6 is 0 Å². The summed E-state index contributed by atoms with van der Waals surface area (Å²) in [5.41, 5.74) is 1.89. The average molecular weight is 234 g/mol. The van der Waals surface area contributed by atoms with Crippen LogP contribution in [0.5, 0.6) is 0 Å². The summed E-state index contributed by atoms with van der Waals surface area (Å²) in [6.45, 7) is 8.51. The molecule has 17 heavy (non-hydrogen) atoms. The molecule has 1 atom stereocenters. The third kappa shape index (κ3) is 5.14. The summed E-state index contributed by atoms with van der Waals surface area (Å²) in [4.78, 5) is 11.8. The molecule has 2 heteroatoms. The lowest BCUT2D eigenvalue weighted by atomic mass is 10.1. The van der Waals surface area contributed by atoms with Crippen LogP contribution in [0.25, 0.3) is 0 Å². The lowest BCUT2D eigenvalue weighted by molar-refractivity contribution is 0.0445. The van der Waals surface area contributed by atoms with Crippen LogP contribution in [0, 0.1) is 12.8 Å². The van der Waals surface area contributed by atoms with E-state index in [0.29, 0.717) is 5.92 Å². The third-order valence-corrected chi connectivity index (χ3v) is 2.68. The molecule has 1 aromatic carbocycles. The molecule has 94 valence electrons. The summed E-state index contributed by atoms with van der Waals surface area (Å²) in [5.74, 6) is 0.653. The number of hydrogen-bond donors (Lipinski definition) is 0. The van der Waals surface area contributed by atoms with Crippen molar-refractivity contribution >= 4 is 5.78 Å².